The molecule has 1 N–H and O–H groups in total. The molecule has 7 nitrogen and oxygen atoms in total. The maximum Gasteiger partial charge on any atom is 0.264 e. The summed E-state index contributed by atoms with van der Waals surface area (Å²) in [5.41, 5.74) is 0.692. The third kappa shape index (κ3) is 5.33. The Balaban J connectivity index is 2.45. The van der Waals surface area contributed by atoms with Gasteiger partial charge in [-0.15, -0.1) is 5.10 Å². The molecule has 0 atom stereocenters. The van der Waals surface area contributed by atoms with Crippen molar-refractivity contribution in [2.24, 2.45) is 0 Å². The van der Waals surface area contributed by atoms with E-state index >= 15 is 0 Å². The van der Waals surface area contributed by atoms with Crippen molar-refractivity contribution in [1.29, 1.82) is 0 Å². The van der Waals surface area contributed by atoms with Gasteiger partial charge in [0.15, 0.2) is 0 Å². The molecule has 0 unspecified atom stereocenters. The summed E-state index contributed by atoms with van der Waals surface area (Å²) in [5, 5.41) is 6.66. The summed E-state index contributed by atoms with van der Waals surface area (Å²) in [4.78, 5) is 12.5. The molecular formula is C12H22N4O3S2. The molecular weight excluding hydrogens is 312 g/mol. The monoisotopic (exact) mass is 334 g/mol. The van der Waals surface area contributed by atoms with Crippen LogP contribution >= 0.6 is 11.5 Å². The Labute approximate surface area is 130 Å². The van der Waals surface area contributed by atoms with Crippen LogP contribution < -0.4 is 5.32 Å². The van der Waals surface area contributed by atoms with Crippen LogP contribution in [-0.4, -0.2) is 53.6 Å². The molecule has 0 aliphatic carbocycles. The Hall–Kier alpha value is -1.06. The topological polar surface area (TPSA) is 92.3 Å². The highest BCUT2D eigenvalue weighted by Gasteiger charge is 2.19. The minimum absolute atomic E-state index is 0.0897. The quantitative estimate of drug-likeness (QED) is 0.713. The van der Waals surface area contributed by atoms with E-state index in [9.17, 15) is 13.2 Å². The van der Waals surface area contributed by atoms with Crippen LogP contribution in [0.4, 0.5) is 0 Å². The van der Waals surface area contributed by atoms with E-state index in [0.29, 0.717) is 36.5 Å². The summed E-state index contributed by atoms with van der Waals surface area (Å²) in [6.45, 7) is 6.38. The van der Waals surface area contributed by atoms with Gasteiger partial charge in [0.05, 0.1) is 11.9 Å². The van der Waals surface area contributed by atoms with E-state index < -0.39 is 10.0 Å². The Kier molecular flexibility index (Phi) is 6.69. The van der Waals surface area contributed by atoms with Gasteiger partial charge in [0.2, 0.25) is 10.0 Å². The highest BCUT2D eigenvalue weighted by atomic mass is 32.2. The number of aromatic nitrogens is 2. The van der Waals surface area contributed by atoms with Crippen LogP contribution in [0.2, 0.25) is 0 Å². The predicted octanol–water partition coefficient (Wildman–Crippen LogP) is 0.890. The van der Waals surface area contributed by atoms with Crippen LogP contribution in [0, 0.1) is 0 Å². The Morgan fingerprint density at radius 2 is 2.10 bits per heavy atom. The van der Waals surface area contributed by atoms with Crippen LogP contribution in [0.3, 0.4) is 0 Å². The number of aryl methyl sites for hydroxylation is 1. The molecule has 0 radical (unpaired) electrons. The average molecular weight is 334 g/mol. The summed E-state index contributed by atoms with van der Waals surface area (Å²) >= 11 is 1.08. The summed E-state index contributed by atoms with van der Waals surface area (Å²) in [6, 6.07) is -0.0897. The first-order chi connectivity index (χ1) is 9.77. The number of nitrogens with zero attached hydrogens (tertiary/aromatic N) is 3. The maximum atomic E-state index is 11.9. The molecule has 0 saturated heterocycles. The first kappa shape index (κ1) is 18.0. The fourth-order valence-electron chi connectivity index (χ4n) is 1.94. The second-order valence-electron chi connectivity index (χ2n) is 4.98. The molecule has 0 aliphatic rings. The van der Waals surface area contributed by atoms with Gasteiger partial charge in [-0.2, -0.15) is 4.31 Å². The van der Waals surface area contributed by atoms with E-state index in [2.05, 4.69) is 14.9 Å². The van der Waals surface area contributed by atoms with Crippen molar-refractivity contribution in [3.05, 3.63) is 10.6 Å². The molecule has 0 aromatic carbocycles. The number of amides is 1. The zero-order valence-electron chi connectivity index (χ0n) is 12.8. The van der Waals surface area contributed by atoms with Gasteiger partial charge in [-0.1, -0.05) is 11.4 Å². The molecule has 0 bridgehead atoms. The molecule has 120 valence electrons. The molecule has 1 aromatic heterocycles. The van der Waals surface area contributed by atoms with Gasteiger partial charge >= 0.3 is 0 Å². The van der Waals surface area contributed by atoms with Gasteiger partial charge in [-0.3, -0.25) is 4.79 Å². The van der Waals surface area contributed by atoms with E-state index in [1.807, 2.05) is 20.8 Å². The van der Waals surface area contributed by atoms with Gasteiger partial charge in [0.1, 0.15) is 4.88 Å². The minimum atomic E-state index is -3.22. The van der Waals surface area contributed by atoms with E-state index in [1.165, 1.54) is 10.6 Å². The van der Waals surface area contributed by atoms with Gasteiger partial charge in [0, 0.05) is 19.1 Å². The van der Waals surface area contributed by atoms with Crippen LogP contribution in [0.25, 0.3) is 0 Å². The van der Waals surface area contributed by atoms with Gasteiger partial charge in [-0.05, 0) is 38.2 Å². The zero-order chi connectivity index (χ0) is 16.0. The van der Waals surface area contributed by atoms with Crippen LogP contribution in [-0.2, 0) is 16.4 Å². The standard InChI is InChI=1S/C12H22N4O3S2/c1-5-10-11(20-15-14-10)12(17)13-7-6-8-16(9(2)3)21(4,18)19/h9H,5-8H2,1-4H3,(H,13,17). The fourth-order valence-corrected chi connectivity index (χ4v) is 3.83. The highest BCUT2D eigenvalue weighted by Crippen LogP contribution is 2.11. The summed E-state index contributed by atoms with van der Waals surface area (Å²) < 4.78 is 28.4. The van der Waals surface area contributed by atoms with Crippen molar-refractivity contribution in [3.8, 4) is 0 Å². The number of nitrogens with one attached hydrogen (secondary N) is 1. The Bertz CT molecular complexity index is 569. The van der Waals surface area contributed by atoms with Crippen LogP contribution in [0.1, 0.15) is 42.6 Å². The lowest BCUT2D eigenvalue weighted by Gasteiger charge is -2.23. The minimum Gasteiger partial charge on any atom is -0.351 e. The maximum absolute atomic E-state index is 11.9. The van der Waals surface area contributed by atoms with Crippen molar-refractivity contribution < 1.29 is 13.2 Å². The molecule has 9 heteroatoms. The lowest BCUT2D eigenvalue weighted by molar-refractivity contribution is 0.0955. The molecule has 0 saturated carbocycles. The average Bonchev–Trinajstić information content (AvgIpc) is 2.84. The highest BCUT2D eigenvalue weighted by molar-refractivity contribution is 7.88. The first-order valence-electron chi connectivity index (χ1n) is 6.83. The first-order valence-corrected chi connectivity index (χ1v) is 9.45. The Morgan fingerprint density at radius 3 is 2.62 bits per heavy atom. The van der Waals surface area contributed by atoms with Gasteiger partial charge < -0.3 is 5.32 Å². The third-order valence-corrected chi connectivity index (χ3v) is 5.16. The van der Waals surface area contributed by atoms with Crippen molar-refractivity contribution in [1.82, 2.24) is 19.2 Å². The SMILES string of the molecule is CCc1nnsc1C(=O)NCCCN(C(C)C)S(C)(=O)=O. The number of hydrogen-bond donors (Lipinski definition) is 1. The van der Waals surface area contributed by atoms with Gasteiger partial charge in [-0.25, -0.2) is 8.42 Å². The van der Waals surface area contributed by atoms with Crippen molar-refractivity contribution >= 4 is 27.5 Å². The molecule has 1 amide bonds. The van der Waals surface area contributed by atoms with Crippen molar-refractivity contribution in [3.63, 3.8) is 0 Å². The smallest absolute Gasteiger partial charge is 0.264 e. The van der Waals surface area contributed by atoms with E-state index in [0.717, 1.165) is 11.5 Å². The lowest BCUT2D eigenvalue weighted by Crippen LogP contribution is -2.38. The summed E-state index contributed by atoms with van der Waals surface area (Å²) in [7, 11) is -3.22. The number of sulfonamides is 1. The second kappa shape index (κ2) is 7.81. The van der Waals surface area contributed by atoms with Crippen molar-refractivity contribution in [2.45, 2.75) is 39.7 Å². The molecule has 1 rings (SSSR count). The summed E-state index contributed by atoms with van der Waals surface area (Å²) in [6.07, 6.45) is 2.42. The molecule has 0 spiro atoms. The summed E-state index contributed by atoms with van der Waals surface area (Å²) in [5.74, 6) is -0.197. The largest absolute Gasteiger partial charge is 0.351 e. The number of carbonyl (C=O) groups is 1. The van der Waals surface area contributed by atoms with Crippen LogP contribution in [0.5, 0.6) is 0 Å². The molecule has 0 fully saturated rings. The lowest BCUT2D eigenvalue weighted by atomic mass is 10.3. The molecule has 1 aromatic rings. The molecule has 1 heterocycles. The van der Waals surface area contributed by atoms with Gasteiger partial charge in [0.25, 0.3) is 5.91 Å². The normalized spacial score (nSPS) is 12.1. The third-order valence-electron chi connectivity index (χ3n) is 2.94. The van der Waals surface area contributed by atoms with E-state index in [1.54, 1.807) is 0 Å². The van der Waals surface area contributed by atoms with Crippen molar-refractivity contribution in [2.75, 3.05) is 19.3 Å². The number of hydrogen-bond acceptors (Lipinski definition) is 6. The number of carbonyl (C=O) groups excluding carboxylic acids is 1. The van der Waals surface area contributed by atoms with Crippen LogP contribution in [0.15, 0.2) is 0 Å². The second-order valence-corrected chi connectivity index (χ2v) is 7.67. The molecule has 0 aliphatic heterocycles. The molecule has 21 heavy (non-hydrogen) atoms. The predicted molar refractivity (Wildman–Crippen MR) is 82.9 cm³/mol. The number of rotatable bonds is 8. The zero-order valence-corrected chi connectivity index (χ0v) is 14.4. The van der Waals surface area contributed by atoms with E-state index in [4.69, 9.17) is 0 Å². The fraction of sp³-hybridized carbons (Fsp3) is 0.750. The Morgan fingerprint density at radius 1 is 1.43 bits per heavy atom. The van der Waals surface area contributed by atoms with E-state index in [-0.39, 0.29) is 11.9 Å².